The van der Waals surface area contributed by atoms with Gasteiger partial charge in [0, 0.05) is 26.3 Å². The third-order valence-electron chi connectivity index (χ3n) is 2.73. The van der Waals surface area contributed by atoms with Crippen LogP contribution in [0.4, 0.5) is 0 Å². The summed E-state index contributed by atoms with van der Waals surface area (Å²) in [6.07, 6.45) is 4.48. The van der Waals surface area contributed by atoms with E-state index in [9.17, 15) is 4.79 Å². The van der Waals surface area contributed by atoms with Gasteiger partial charge in [-0.2, -0.15) is 5.10 Å². The number of carbonyl (C=O) groups is 1. The number of aryl methyl sites for hydroxylation is 1. The van der Waals surface area contributed by atoms with Gasteiger partial charge in [0.05, 0.1) is 12.8 Å². The second-order valence-electron chi connectivity index (χ2n) is 4.08. The normalized spacial score (nSPS) is 25.7. The predicted octanol–water partition coefficient (Wildman–Crippen LogP) is -0.350. The van der Waals surface area contributed by atoms with E-state index in [0.29, 0.717) is 26.1 Å². The number of hydrogen-bond acceptors (Lipinski definition) is 4. The van der Waals surface area contributed by atoms with Crippen LogP contribution in [0.1, 0.15) is 12.0 Å². The Balaban J connectivity index is 2.03. The fourth-order valence-corrected chi connectivity index (χ4v) is 1.73. The second-order valence-corrected chi connectivity index (χ2v) is 4.08. The van der Waals surface area contributed by atoms with Gasteiger partial charge in [-0.25, -0.2) is 0 Å². The molecule has 1 aliphatic heterocycles. The van der Waals surface area contributed by atoms with E-state index in [0.717, 1.165) is 5.56 Å². The van der Waals surface area contributed by atoms with E-state index < -0.39 is 5.54 Å². The molecule has 1 aliphatic rings. The van der Waals surface area contributed by atoms with Crippen molar-refractivity contribution in [3.8, 4) is 0 Å². The summed E-state index contributed by atoms with van der Waals surface area (Å²) in [5.41, 5.74) is 6.08. The van der Waals surface area contributed by atoms with Gasteiger partial charge in [-0.1, -0.05) is 0 Å². The average molecular weight is 209 g/mol. The molecule has 2 heterocycles. The first-order chi connectivity index (χ1) is 7.10. The highest BCUT2D eigenvalue weighted by Gasteiger charge is 2.37. The van der Waals surface area contributed by atoms with Crippen LogP contribution in [0.25, 0.3) is 0 Å². The molecule has 82 valence electrons. The summed E-state index contributed by atoms with van der Waals surface area (Å²) in [6, 6.07) is 0. The first-order valence-corrected chi connectivity index (χ1v) is 4.98. The van der Waals surface area contributed by atoms with Crippen molar-refractivity contribution < 1.29 is 9.53 Å². The Morgan fingerprint density at radius 3 is 3.13 bits per heavy atom. The summed E-state index contributed by atoms with van der Waals surface area (Å²) in [5.74, 6) is 0.0352. The van der Waals surface area contributed by atoms with E-state index >= 15 is 0 Å². The molecule has 1 unspecified atom stereocenters. The number of nitrogens with two attached hydrogens (primary N) is 1. The van der Waals surface area contributed by atoms with Gasteiger partial charge in [-0.3, -0.25) is 9.48 Å². The van der Waals surface area contributed by atoms with Crippen LogP contribution >= 0.6 is 0 Å². The number of carbonyl (C=O) groups excluding carboxylic acids is 1. The lowest BCUT2D eigenvalue weighted by atomic mass is 9.91. The Kier molecular flexibility index (Phi) is 2.58. The van der Waals surface area contributed by atoms with Crippen LogP contribution < -0.4 is 5.73 Å². The third-order valence-corrected chi connectivity index (χ3v) is 2.73. The minimum Gasteiger partial charge on any atom is -0.379 e. The maximum absolute atomic E-state index is 11.9. The topological polar surface area (TPSA) is 70.1 Å². The molecule has 15 heavy (non-hydrogen) atoms. The summed E-state index contributed by atoms with van der Waals surface area (Å²) in [5, 5.41) is 4.01. The molecule has 0 saturated carbocycles. The molecule has 0 aliphatic carbocycles. The largest absolute Gasteiger partial charge is 0.379 e. The van der Waals surface area contributed by atoms with Crippen LogP contribution in [0, 0.1) is 0 Å². The summed E-state index contributed by atoms with van der Waals surface area (Å²) in [4.78, 5) is 11.9. The quantitative estimate of drug-likeness (QED) is 0.738. The zero-order valence-electron chi connectivity index (χ0n) is 8.77. The van der Waals surface area contributed by atoms with Crippen molar-refractivity contribution in [1.82, 2.24) is 9.78 Å². The molecule has 0 amide bonds. The van der Waals surface area contributed by atoms with Crippen LogP contribution in [-0.4, -0.2) is 34.3 Å². The highest BCUT2D eigenvalue weighted by molar-refractivity contribution is 5.90. The maximum atomic E-state index is 11.9. The Morgan fingerprint density at radius 2 is 2.60 bits per heavy atom. The number of ketones is 1. The maximum Gasteiger partial charge on any atom is 0.159 e. The van der Waals surface area contributed by atoms with Crippen molar-refractivity contribution in [3.63, 3.8) is 0 Å². The lowest BCUT2D eigenvalue weighted by molar-refractivity contribution is -0.123. The third kappa shape index (κ3) is 2.08. The SMILES string of the molecule is Cn1cc(CC(=O)C2(N)CCOC2)cn1. The average Bonchev–Trinajstić information content (AvgIpc) is 2.76. The first-order valence-electron chi connectivity index (χ1n) is 4.98. The standard InChI is InChI=1S/C10H15N3O2/c1-13-6-8(5-12-13)4-9(14)10(11)2-3-15-7-10/h5-6H,2-4,7,11H2,1H3. The number of Topliss-reactive ketones (excluding diaryl/α,β-unsaturated/α-hetero) is 1. The molecule has 0 bridgehead atoms. The van der Waals surface area contributed by atoms with Gasteiger partial charge < -0.3 is 10.5 Å². The molecule has 1 aromatic rings. The fraction of sp³-hybridized carbons (Fsp3) is 0.600. The summed E-state index contributed by atoms with van der Waals surface area (Å²) < 4.78 is 6.84. The van der Waals surface area contributed by atoms with Crippen LogP contribution in [0.2, 0.25) is 0 Å². The molecule has 1 saturated heterocycles. The molecule has 1 fully saturated rings. The molecule has 2 rings (SSSR count). The monoisotopic (exact) mass is 209 g/mol. The van der Waals surface area contributed by atoms with Crippen molar-refractivity contribution in [2.75, 3.05) is 13.2 Å². The van der Waals surface area contributed by atoms with Gasteiger partial charge in [0.1, 0.15) is 5.54 Å². The zero-order valence-corrected chi connectivity index (χ0v) is 8.77. The fourth-order valence-electron chi connectivity index (χ4n) is 1.73. The molecule has 0 spiro atoms. The molecule has 1 atom stereocenters. The molecule has 5 heteroatoms. The van der Waals surface area contributed by atoms with Crippen molar-refractivity contribution in [1.29, 1.82) is 0 Å². The van der Waals surface area contributed by atoms with Gasteiger partial charge in [0.2, 0.25) is 0 Å². The van der Waals surface area contributed by atoms with Gasteiger partial charge in [0.15, 0.2) is 5.78 Å². The van der Waals surface area contributed by atoms with Gasteiger partial charge in [0.25, 0.3) is 0 Å². The summed E-state index contributed by atoms with van der Waals surface area (Å²) in [6.45, 7) is 0.918. The molecule has 0 aromatic carbocycles. The van der Waals surface area contributed by atoms with Crippen molar-refractivity contribution in [2.45, 2.75) is 18.4 Å². The van der Waals surface area contributed by atoms with Gasteiger partial charge in [-0.15, -0.1) is 0 Å². The lowest BCUT2D eigenvalue weighted by Crippen LogP contribution is -2.49. The smallest absolute Gasteiger partial charge is 0.159 e. The second kappa shape index (κ2) is 3.75. The van der Waals surface area contributed by atoms with Crippen LogP contribution in [0.15, 0.2) is 12.4 Å². The van der Waals surface area contributed by atoms with E-state index in [-0.39, 0.29) is 5.78 Å². The van der Waals surface area contributed by atoms with E-state index in [2.05, 4.69) is 5.10 Å². The number of aromatic nitrogens is 2. The minimum atomic E-state index is -0.782. The Morgan fingerprint density at radius 1 is 1.80 bits per heavy atom. The lowest BCUT2D eigenvalue weighted by Gasteiger charge is -2.19. The minimum absolute atomic E-state index is 0.0352. The van der Waals surface area contributed by atoms with Gasteiger partial charge >= 0.3 is 0 Å². The van der Waals surface area contributed by atoms with E-state index in [1.165, 1.54) is 0 Å². The molecule has 5 nitrogen and oxygen atoms in total. The Labute approximate surface area is 88.2 Å². The molecule has 2 N–H and O–H groups in total. The highest BCUT2D eigenvalue weighted by Crippen LogP contribution is 2.18. The number of hydrogen-bond donors (Lipinski definition) is 1. The van der Waals surface area contributed by atoms with Crippen molar-refractivity contribution in [2.24, 2.45) is 12.8 Å². The molecule has 1 aromatic heterocycles. The van der Waals surface area contributed by atoms with Crippen LogP contribution in [0.3, 0.4) is 0 Å². The highest BCUT2D eigenvalue weighted by atomic mass is 16.5. The van der Waals surface area contributed by atoms with Crippen molar-refractivity contribution in [3.05, 3.63) is 18.0 Å². The van der Waals surface area contributed by atoms with Crippen LogP contribution in [-0.2, 0) is 23.0 Å². The first kappa shape index (κ1) is 10.3. The van der Waals surface area contributed by atoms with Crippen LogP contribution in [0.5, 0.6) is 0 Å². The predicted molar refractivity (Wildman–Crippen MR) is 54.3 cm³/mol. The number of ether oxygens (including phenoxy) is 1. The van der Waals surface area contributed by atoms with E-state index in [4.69, 9.17) is 10.5 Å². The number of nitrogens with zero attached hydrogens (tertiary/aromatic N) is 2. The number of rotatable bonds is 3. The molecular formula is C10H15N3O2. The Hall–Kier alpha value is -1.20. The Bertz CT molecular complexity index is 366. The molecular weight excluding hydrogens is 194 g/mol. The van der Waals surface area contributed by atoms with Gasteiger partial charge in [-0.05, 0) is 12.0 Å². The zero-order chi connectivity index (χ0) is 10.9. The summed E-state index contributed by atoms with van der Waals surface area (Å²) >= 11 is 0. The van der Waals surface area contributed by atoms with E-state index in [1.807, 2.05) is 13.2 Å². The van der Waals surface area contributed by atoms with Crippen molar-refractivity contribution >= 4 is 5.78 Å². The molecule has 0 radical (unpaired) electrons. The summed E-state index contributed by atoms with van der Waals surface area (Å²) in [7, 11) is 1.82. The van der Waals surface area contributed by atoms with E-state index in [1.54, 1.807) is 10.9 Å².